The first kappa shape index (κ1) is 16.8. The normalized spacial score (nSPS) is 10.1. The van der Waals surface area contributed by atoms with E-state index in [0.717, 1.165) is 12.8 Å². The maximum Gasteiger partial charge on any atom is 0.339 e. The van der Waals surface area contributed by atoms with Crippen molar-refractivity contribution in [3.63, 3.8) is 0 Å². The fourth-order valence-electron chi connectivity index (χ4n) is 1.55. The van der Waals surface area contributed by atoms with Gasteiger partial charge in [-0.3, -0.25) is 0 Å². The molecule has 0 aliphatic carbocycles. The first-order valence-electron chi connectivity index (χ1n) is 6.73. The number of nitrogens with one attached hydrogen (secondary N) is 2. The van der Waals surface area contributed by atoms with Crippen molar-refractivity contribution >= 4 is 17.7 Å². The number of amides is 2. The number of aromatic hydroxyl groups is 1. The van der Waals surface area contributed by atoms with Gasteiger partial charge in [-0.25, -0.2) is 9.59 Å². The number of carbonyl (C=O) groups excluding carboxylic acids is 1. The van der Waals surface area contributed by atoms with Gasteiger partial charge in [-0.2, -0.15) is 0 Å². The second-order valence-corrected chi connectivity index (χ2v) is 4.38. The summed E-state index contributed by atoms with van der Waals surface area (Å²) in [5, 5.41) is 23.4. The third-order valence-electron chi connectivity index (χ3n) is 2.66. The molecule has 1 aromatic carbocycles. The van der Waals surface area contributed by atoms with E-state index >= 15 is 0 Å². The zero-order valence-electron chi connectivity index (χ0n) is 11.9. The molecule has 0 saturated heterocycles. The van der Waals surface area contributed by atoms with E-state index in [-0.39, 0.29) is 5.56 Å². The fraction of sp³-hybridized carbons (Fsp3) is 0.429. The Morgan fingerprint density at radius 1 is 1.29 bits per heavy atom. The number of urea groups is 1. The lowest BCUT2D eigenvalue weighted by molar-refractivity contribution is 0.0694. The molecule has 0 aliphatic heterocycles. The average molecular weight is 296 g/mol. The highest BCUT2D eigenvalue weighted by Gasteiger charge is 2.10. The monoisotopic (exact) mass is 296 g/mol. The van der Waals surface area contributed by atoms with Crippen LogP contribution in [0.4, 0.5) is 10.5 Å². The van der Waals surface area contributed by atoms with E-state index in [2.05, 4.69) is 17.6 Å². The van der Waals surface area contributed by atoms with Crippen LogP contribution in [0.5, 0.6) is 5.75 Å². The summed E-state index contributed by atoms with van der Waals surface area (Å²) in [7, 11) is 0. The van der Waals surface area contributed by atoms with Crippen LogP contribution in [0.1, 0.15) is 30.1 Å². The van der Waals surface area contributed by atoms with Crippen LogP contribution >= 0.6 is 0 Å². The lowest BCUT2D eigenvalue weighted by atomic mass is 10.2. The number of hydrogen-bond acceptors (Lipinski definition) is 4. The van der Waals surface area contributed by atoms with Crippen LogP contribution in [0.25, 0.3) is 0 Å². The first-order valence-corrected chi connectivity index (χ1v) is 6.73. The highest BCUT2D eigenvalue weighted by Crippen LogP contribution is 2.21. The summed E-state index contributed by atoms with van der Waals surface area (Å²) in [4.78, 5) is 22.3. The molecule has 1 aromatic rings. The SMILES string of the molecule is CCCCOCCNC(=O)Nc1ccc(C(=O)O)c(O)c1. The molecule has 0 aromatic heterocycles. The molecule has 1 rings (SSSR count). The molecule has 0 fully saturated rings. The summed E-state index contributed by atoms with van der Waals surface area (Å²) in [5.74, 6) is -1.63. The Morgan fingerprint density at radius 3 is 2.67 bits per heavy atom. The molecule has 0 unspecified atom stereocenters. The fourth-order valence-corrected chi connectivity index (χ4v) is 1.55. The number of unbranched alkanes of at least 4 members (excludes halogenated alkanes) is 1. The van der Waals surface area contributed by atoms with Crippen LogP contribution in [-0.4, -0.2) is 42.0 Å². The molecule has 116 valence electrons. The zero-order chi connectivity index (χ0) is 15.7. The molecule has 0 aliphatic rings. The van der Waals surface area contributed by atoms with Crippen LogP contribution in [0.15, 0.2) is 18.2 Å². The van der Waals surface area contributed by atoms with E-state index in [9.17, 15) is 14.7 Å². The third kappa shape index (κ3) is 6.13. The van der Waals surface area contributed by atoms with E-state index in [0.29, 0.717) is 25.4 Å². The van der Waals surface area contributed by atoms with Crippen molar-refractivity contribution in [1.29, 1.82) is 0 Å². The molecule has 0 spiro atoms. The number of hydrogen-bond donors (Lipinski definition) is 4. The van der Waals surface area contributed by atoms with E-state index in [1.54, 1.807) is 0 Å². The highest BCUT2D eigenvalue weighted by atomic mass is 16.5. The Kier molecular flexibility index (Phi) is 7.03. The van der Waals surface area contributed by atoms with Gasteiger partial charge in [-0.1, -0.05) is 13.3 Å². The number of carboxylic acid groups (broad SMARTS) is 1. The van der Waals surface area contributed by atoms with Crippen molar-refractivity contribution in [1.82, 2.24) is 5.32 Å². The molecule has 7 heteroatoms. The Labute approximate surface area is 122 Å². The second kappa shape index (κ2) is 8.80. The molecule has 0 atom stereocenters. The van der Waals surface area contributed by atoms with E-state index in [4.69, 9.17) is 9.84 Å². The minimum absolute atomic E-state index is 0.217. The second-order valence-electron chi connectivity index (χ2n) is 4.38. The van der Waals surface area contributed by atoms with E-state index in [1.165, 1.54) is 18.2 Å². The Bertz CT molecular complexity index is 490. The van der Waals surface area contributed by atoms with Crippen molar-refractivity contribution in [3.8, 4) is 5.75 Å². The number of carbonyl (C=O) groups is 2. The average Bonchev–Trinajstić information content (AvgIpc) is 2.42. The molecule has 21 heavy (non-hydrogen) atoms. The lowest BCUT2D eigenvalue weighted by Gasteiger charge is -2.09. The third-order valence-corrected chi connectivity index (χ3v) is 2.66. The maximum atomic E-state index is 11.6. The van der Waals surface area contributed by atoms with Gasteiger partial charge in [0.25, 0.3) is 0 Å². The number of anilines is 1. The molecule has 2 amide bonds. The molecule has 4 N–H and O–H groups in total. The van der Waals surface area contributed by atoms with Gasteiger partial charge in [-0.15, -0.1) is 0 Å². The predicted molar refractivity (Wildman–Crippen MR) is 77.8 cm³/mol. The Morgan fingerprint density at radius 2 is 2.05 bits per heavy atom. The summed E-state index contributed by atoms with van der Waals surface area (Å²) in [6.07, 6.45) is 2.05. The molecular weight excluding hydrogens is 276 g/mol. The van der Waals surface area contributed by atoms with Crippen LogP contribution in [-0.2, 0) is 4.74 Å². The van der Waals surface area contributed by atoms with Crippen LogP contribution in [0.2, 0.25) is 0 Å². The van der Waals surface area contributed by atoms with Gasteiger partial charge in [0.15, 0.2) is 0 Å². The largest absolute Gasteiger partial charge is 0.507 e. The van der Waals surface area contributed by atoms with Gasteiger partial charge < -0.3 is 25.6 Å². The number of benzene rings is 1. The molecule has 0 bridgehead atoms. The maximum absolute atomic E-state index is 11.6. The van der Waals surface area contributed by atoms with Gasteiger partial charge in [0, 0.05) is 24.9 Å². The molecular formula is C14H20N2O5. The van der Waals surface area contributed by atoms with Crippen LogP contribution in [0.3, 0.4) is 0 Å². The standard InChI is InChI=1S/C14H20N2O5/c1-2-3-7-21-8-6-15-14(20)16-10-4-5-11(13(18)19)12(17)9-10/h4-5,9,17H,2-3,6-8H2,1H3,(H,18,19)(H2,15,16,20). The first-order chi connectivity index (χ1) is 10.0. The van der Waals surface area contributed by atoms with Crippen molar-refractivity contribution in [2.24, 2.45) is 0 Å². The van der Waals surface area contributed by atoms with Gasteiger partial charge in [0.1, 0.15) is 11.3 Å². The lowest BCUT2D eigenvalue weighted by Crippen LogP contribution is -2.31. The Balaban J connectivity index is 2.34. The van der Waals surface area contributed by atoms with Gasteiger partial charge in [0.05, 0.1) is 6.61 Å². The number of carboxylic acids is 1. The minimum Gasteiger partial charge on any atom is -0.507 e. The van der Waals surface area contributed by atoms with Gasteiger partial charge in [-0.05, 0) is 18.6 Å². The summed E-state index contributed by atoms with van der Waals surface area (Å²) in [5.41, 5.74) is 0.0900. The molecule has 7 nitrogen and oxygen atoms in total. The van der Waals surface area contributed by atoms with Crippen molar-refractivity contribution in [2.45, 2.75) is 19.8 Å². The summed E-state index contributed by atoms with van der Waals surface area (Å²) in [6, 6.07) is 3.36. The predicted octanol–water partition coefficient (Wildman–Crippen LogP) is 2.03. The van der Waals surface area contributed by atoms with Crippen molar-refractivity contribution in [2.75, 3.05) is 25.1 Å². The zero-order valence-corrected chi connectivity index (χ0v) is 11.9. The summed E-state index contributed by atoms with van der Waals surface area (Å²) < 4.78 is 5.29. The summed E-state index contributed by atoms with van der Waals surface area (Å²) in [6.45, 7) is 3.54. The molecule has 0 saturated carbocycles. The Hall–Kier alpha value is -2.28. The molecule has 0 radical (unpaired) electrons. The van der Waals surface area contributed by atoms with Gasteiger partial charge >= 0.3 is 12.0 Å². The van der Waals surface area contributed by atoms with Crippen LogP contribution < -0.4 is 10.6 Å². The quantitative estimate of drug-likeness (QED) is 0.549. The van der Waals surface area contributed by atoms with E-state index < -0.39 is 17.7 Å². The topological polar surface area (TPSA) is 108 Å². The summed E-state index contributed by atoms with van der Waals surface area (Å²) >= 11 is 0. The van der Waals surface area contributed by atoms with E-state index in [1.807, 2.05) is 0 Å². The van der Waals surface area contributed by atoms with Gasteiger partial charge in [0.2, 0.25) is 0 Å². The minimum atomic E-state index is -1.23. The van der Waals surface area contributed by atoms with Crippen LogP contribution in [0, 0.1) is 0 Å². The number of phenols is 1. The number of rotatable bonds is 8. The molecule has 0 heterocycles. The number of aromatic carboxylic acids is 1. The van der Waals surface area contributed by atoms with Crippen molar-refractivity contribution in [3.05, 3.63) is 23.8 Å². The smallest absolute Gasteiger partial charge is 0.339 e. The highest BCUT2D eigenvalue weighted by molar-refractivity contribution is 5.93. The number of ether oxygens (including phenoxy) is 1. The van der Waals surface area contributed by atoms with Crippen molar-refractivity contribution < 1.29 is 24.5 Å².